The Bertz CT molecular complexity index is 1700. The van der Waals surface area contributed by atoms with Gasteiger partial charge in [-0.05, 0) is 55.4 Å². The minimum atomic E-state index is -3.07. The van der Waals surface area contributed by atoms with Crippen molar-refractivity contribution in [2.45, 2.75) is 19.1 Å². The van der Waals surface area contributed by atoms with E-state index < -0.39 is 24.3 Å². The molecule has 1 fully saturated rings. The number of anilines is 1. The fourth-order valence-corrected chi connectivity index (χ4v) is 5.25. The van der Waals surface area contributed by atoms with Crippen molar-refractivity contribution in [3.8, 4) is 28.7 Å². The Morgan fingerprint density at radius 3 is 2.53 bits per heavy atom. The number of benzene rings is 3. The number of aromatic nitrogens is 1. The number of nitrogens with one attached hydrogen (secondary N) is 1. The highest BCUT2D eigenvalue weighted by Crippen LogP contribution is 2.38. The van der Waals surface area contributed by atoms with Gasteiger partial charge in [-0.2, -0.15) is 8.78 Å². The van der Waals surface area contributed by atoms with Crippen molar-refractivity contribution in [3.05, 3.63) is 78.2 Å². The number of hydrogen-bond acceptors (Lipinski definition) is 10. The molecule has 4 aromatic rings. The van der Waals surface area contributed by atoms with Gasteiger partial charge in [-0.1, -0.05) is 12.1 Å². The molecule has 1 unspecified atom stereocenters. The fourth-order valence-electron chi connectivity index (χ4n) is 5.25. The number of fused-ring (bicyclic) bond motifs is 1. The van der Waals surface area contributed by atoms with Crippen LogP contribution < -0.4 is 24.3 Å². The van der Waals surface area contributed by atoms with Crippen LogP contribution in [0, 0.1) is 5.82 Å². The predicted octanol–water partition coefficient (Wildman–Crippen LogP) is 5.71. The third-order valence-corrected chi connectivity index (χ3v) is 7.74. The van der Waals surface area contributed by atoms with Crippen molar-refractivity contribution in [2.75, 3.05) is 58.8 Å². The second kappa shape index (κ2) is 15.6. The van der Waals surface area contributed by atoms with E-state index in [0.717, 1.165) is 45.2 Å². The summed E-state index contributed by atoms with van der Waals surface area (Å²) in [5.41, 5.74) is 0.881. The lowest BCUT2D eigenvalue weighted by atomic mass is 10.0. The number of pyridine rings is 1. The molecule has 1 aliphatic rings. The van der Waals surface area contributed by atoms with Crippen LogP contribution in [0.25, 0.3) is 10.9 Å². The first-order chi connectivity index (χ1) is 22.7. The fraction of sp³-hybridized carbons (Fsp3) is 0.324. The van der Waals surface area contributed by atoms with Gasteiger partial charge < -0.3 is 34.1 Å². The Balaban J connectivity index is 1.29. The zero-order valence-electron chi connectivity index (χ0n) is 26.0. The third kappa shape index (κ3) is 8.69. The Hall–Kier alpha value is -4.88. The highest BCUT2D eigenvalue weighted by molar-refractivity contribution is 6.28. The number of aldehydes is 1. The van der Waals surface area contributed by atoms with Crippen LogP contribution in [-0.2, 0) is 9.59 Å². The predicted molar refractivity (Wildman–Crippen MR) is 169 cm³/mol. The number of carbonyl (C=O) groups excluding carboxylic acids is 2. The molecule has 13 heteroatoms. The number of ether oxygens (including phenoxy) is 4. The Morgan fingerprint density at radius 1 is 1.00 bits per heavy atom. The average Bonchev–Trinajstić information content (AvgIpc) is 3.06. The molecule has 3 aromatic carbocycles. The number of ketones is 1. The second-order valence-electron chi connectivity index (χ2n) is 11.0. The topological polar surface area (TPSA) is 102 Å². The quantitative estimate of drug-likeness (QED) is 0.0976. The minimum absolute atomic E-state index is 0.0973. The van der Waals surface area contributed by atoms with Crippen molar-refractivity contribution < 1.29 is 41.7 Å². The number of carbonyl (C=O) groups is 2. The SMILES string of the molecule is COc1cc2c(Oc3ccc(NC(C(=O)C=O)c4cccc(OC(F)F)c4)cc3F)ccnc2cc1OCCCN1CCN(C)CC1. The van der Waals surface area contributed by atoms with Gasteiger partial charge in [0.25, 0.3) is 0 Å². The van der Waals surface area contributed by atoms with E-state index in [2.05, 4.69) is 31.9 Å². The van der Waals surface area contributed by atoms with E-state index in [-0.39, 0.29) is 29.0 Å². The van der Waals surface area contributed by atoms with Crippen LogP contribution in [0.5, 0.6) is 28.7 Å². The van der Waals surface area contributed by atoms with Crippen molar-refractivity contribution in [1.82, 2.24) is 14.8 Å². The van der Waals surface area contributed by atoms with Crippen molar-refractivity contribution in [1.29, 1.82) is 0 Å². The smallest absolute Gasteiger partial charge is 0.387 e. The molecule has 10 nitrogen and oxygen atoms in total. The van der Waals surface area contributed by atoms with Crippen LogP contribution in [0.3, 0.4) is 0 Å². The molecule has 0 bridgehead atoms. The first-order valence-electron chi connectivity index (χ1n) is 15.0. The molecule has 2 heterocycles. The molecule has 1 aromatic heterocycles. The van der Waals surface area contributed by atoms with Gasteiger partial charge in [0.1, 0.15) is 17.5 Å². The van der Waals surface area contributed by atoms with E-state index >= 15 is 4.39 Å². The lowest BCUT2D eigenvalue weighted by Crippen LogP contribution is -2.44. The maximum atomic E-state index is 15.3. The van der Waals surface area contributed by atoms with Crippen molar-refractivity contribution >= 4 is 28.7 Å². The monoisotopic (exact) mass is 652 g/mol. The lowest BCUT2D eigenvalue weighted by Gasteiger charge is -2.32. The molecule has 47 heavy (non-hydrogen) atoms. The summed E-state index contributed by atoms with van der Waals surface area (Å²) in [7, 11) is 3.66. The van der Waals surface area contributed by atoms with Gasteiger partial charge in [0.05, 0.1) is 19.2 Å². The minimum Gasteiger partial charge on any atom is -0.493 e. The third-order valence-electron chi connectivity index (χ3n) is 7.74. The van der Waals surface area contributed by atoms with Crippen molar-refractivity contribution in [2.24, 2.45) is 0 Å². The lowest BCUT2D eigenvalue weighted by molar-refractivity contribution is -0.130. The molecule has 1 atom stereocenters. The standard InChI is InChI=1S/C34H35F3N4O6/c1-40-12-14-41(15-13-40)11-4-16-45-32-20-27-25(19-31(32)44-2)29(9-10-38-27)47-30-8-7-23(18-26(30)35)39-33(28(43)21-42)22-5-3-6-24(17-22)46-34(36)37/h3,5-10,17-21,33-34,39H,4,11-16H2,1-2H3. The first-order valence-corrected chi connectivity index (χ1v) is 15.0. The highest BCUT2D eigenvalue weighted by Gasteiger charge is 2.22. The van der Waals surface area contributed by atoms with Gasteiger partial charge in [-0.3, -0.25) is 14.6 Å². The Morgan fingerprint density at radius 2 is 1.81 bits per heavy atom. The molecule has 1 saturated heterocycles. The van der Waals surface area contributed by atoms with Crippen molar-refractivity contribution in [3.63, 3.8) is 0 Å². The first kappa shape index (κ1) is 33.5. The van der Waals surface area contributed by atoms with E-state index in [1.54, 1.807) is 18.2 Å². The highest BCUT2D eigenvalue weighted by atomic mass is 19.3. The molecule has 0 radical (unpaired) electrons. The van der Waals surface area contributed by atoms with Crippen LogP contribution in [0.4, 0.5) is 18.9 Å². The molecular weight excluding hydrogens is 617 g/mol. The number of alkyl halides is 2. The molecule has 5 rings (SSSR count). The van der Waals surface area contributed by atoms with Gasteiger partial charge in [0, 0.05) is 62.1 Å². The van der Waals surface area contributed by atoms with Crippen LogP contribution in [0.2, 0.25) is 0 Å². The van der Waals surface area contributed by atoms with Crippen LogP contribution in [-0.4, -0.2) is 87.0 Å². The number of likely N-dealkylation sites (N-methyl/N-ethyl adjacent to an activating group) is 1. The van der Waals surface area contributed by atoms with E-state index in [9.17, 15) is 18.4 Å². The summed E-state index contributed by atoms with van der Waals surface area (Å²) in [4.78, 5) is 32.9. The number of piperazine rings is 1. The van der Waals surface area contributed by atoms with Gasteiger partial charge in [-0.15, -0.1) is 0 Å². The summed E-state index contributed by atoms with van der Waals surface area (Å²) in [6, 6.07) is 13.1. The van der Waals surface area contributed by atoms with E-state index in [4.69, 9.17) is 14.2 Å². The Labute approximate surface area is 270 Å². The van der Waals surface area contributed by atoms with Crippen LogP contribution in [0.15, 0.2) is 66.9 Å². The number of methoxy groups -OCH3 is 1. The number of rotatable bonds is 15. The number of Topliss-reactive ketones (excluding diaryl/α,β-unsaturated/α-hetero) is 1. The molecule has 0 aliphatic carbocycles. The van der Waals surface area contributed by atoms with Gasteiger partial charge >= 0.3 is 6.61 Å². The normalized spacial score (nSPS) is 14.5. The number of hydrogen-bond donors (Lipinski definition) is 1. The molecule has 0 spiro atoms. The molecular formula is C34H35F3N4O6. The summed E-state index contributed by atoms with van der Waals surface area (Å²) in [5, 5.41) is 3.35. The summed E-state index contributed by atoms with van der Waals surface area (Å²) < 4.78 is 62.7. The second-order valence-corrected chi connectivity index (χ2v) is 11.0. The summed E-state index contributed by atoms with van der Waals surface area (Å²) >= 11 is 0. The average molecular weight is 653 g/mol. The molecule has 0 saturated carbocycles. The van der Waals surface area contributed by atoms with Gasteiger partial charge in [0.2, 0.25) is 5.78 Å². The summed E-state index contributed by atoms with van der Waals surface area (Å²) in [5.74, 6) is -0.635. The zero-order chi connectivity index (χ0) is 33.3. The van der Waals surface area contributed by atoms with E-state index in [1.807, 2.05) is 0 Å². The molecule has 1 aliphatic heterocycles. The van der Waals surface area contributed by atoms with E-state index in [1.165, 1.54) is 49.7 Å². The molecule has 248 valence electrons. The maximum absolute atomic E-state index is 15.3. The summed E-state index contributed by atoms with van der Waals surface area (Å²) in [6.07, 6.45) is 2.49. The van der Waals surface area contributed by atoms with E-state index in [0.29, 0.717) is 34.8 Å². The molecule has 1 N–H and O–H groups in total. The molecule has 0 amide bonds. The number of halogens is 3. The van der Waals surface area contributed by atoms with Gasteiger partial charge in [-0.25, -0.2) is 4.39 Å². The Kier molecular flexibility index (Phi) is 11.1. The maximum Gasteiger partial charge on any atom is 0.387 e. The van der Waals surface area contributed by atoms with Gasteiger partial charge in [0.15, 0.2) is 29.4 Å². The largest absolute Gasteiger partial charge is 0.493 e. The van der Waals surface area contributed by atoms with Crippen LogP contribution in [0.1, 0.15) is 18.0 Å². The zero-order valence-corrected chi connectivity index (χ0v) is 26.0. The van der Waals surface area contributed by atoms with Crippen LogP contribution >= 0.6 is 0 Å². The number of nitrogens with zero attached hydrogens (tertiary/aromatic N) is 3. The summed E-state index contributed by atoms with van der Waals surface area (Å²) in [6.45, 7) is 2.57.